The van der Waals surface area contributed by atoms with Crippen molar-refractivity contribution in [1.29, 1.82) is 0 Å². The highest BCUT2D eigenvalue weighted by molar-refractivity contribution is 9.10. The van der Waals surface area contributed by atoms with Crippen LogP contribution < -0.4 is 10.9 Å². The van der Waals surface area contributed by atoms with Crippen LogP contribution in [0.15, 0.2) is 27.0 Å². The van der Waals surface area contributed by atoms with Crippen LogP contribution in [0.1, 0.15) is 18.0 Å². The van der Waals surface area contributed by atoms with E-state index in [2.05, 4.69) is 31.3 Å². The molecule has 0 aliphatic heterocycles. The molecule has 1 atom stereocenters. The lowest BCUT2D eigenvalue weighted by Crippen LogP contribution is -2.31. The van der Waals surface area contributed by atoms with Gasteiger partial charge in [0.1, 0.15) is 16.0 Å². The monoisotopic (exact) mass is 382 g/mol. The number of thiazole rings is 1. The van der Waals surface area contributed by atoms with E-state index in [0.717, 1.165) is 5.01 Å². The van der Waals surface area contributed by atoms with Crippen molar-refractivity contribution in [2.75, 3.05) is 5.32 Å². The summed E-state index contributed by atoms with van der Waals surface area (Å²) in [6, 6.07) is -0.194. The maximum absolute atomic E-state index is 12.3. The maximum Gasteiger partial charge on any atom is 0.408 e. The first-order valence-corrected chi connectivity index (χ1v) is 7.43. The van der Waals surface area contributed by atoms with E-state index in [-0.39, 0.29) is 10.5 Å². The zero-order valence-electron chi connectivity index (χ0n) is 10.7. The zero-order valence-corrected chi connectivity index (χ0v) is 13.1. The molecule has 5 nitrogen and oxygen atoms in total. The first kappa shape index (κ1) is 16.0. The van der Waals surface area contributed by atoms with E-state index in [0.29, 0.717) is 10.4 Å². The number of alkyl halides is 3. The van der Waals surface area contributed by atoms with Gasteiger partial charge < -0.3 is 5.32 Å². The lowest BCUT2D eigenvalue weighted by molar-refractivity contribution is -0.143. The molecule has 2 rings (SSSR count). The van der Waals surface area contributed by atoms with Crippen LogP contribution in [0.25, 0.3) is 0 Å². The van der Waals surface area contributed by atoms with E-state index in [4.69, 9.17) is 0 Å². The summed E-state index contributed by atoms with van der Waals surface area (Å²) in [6.45, 7) is 0.402. The number of hydrogen-bond acceptors (Lipinski definition) is 5. The number of hydrogen-bond donors (Lipinski definition) is 1. The van der Waals surface area contributed by atoms with Gasteiger partial charge >= 0.3 is 6.18 Å². The molecule has 0 amide bonds. The Balaban J connectivity index is 2.23. The smallest absolute Gasteiger partial charge is 0.374 e. The molecule has 1 N–H and O–H groups in total. The molecule has 0 aromatic carbocycles. The summed E-state index contributed by atoms with van der Waals surface area (Å²) in [6.07, 6.45) is -1.67. The number of halogens is 4. The summed E-state index contributed by atoms with van der Waals surface area (Å²) >= 11 is 4.44. The van der Waals surface area contributed by atoms with Crippen LogP contribution in [0, 0.1) is 0 Å². The average molecular weight is 383 g/mol. The summed E-state index contributed by atoms with van der Waals surface area (Å²) in [5, 5.41) is 9.12. The normalized spacial score (nSPS) is 13.2. The average Bonchev–Trinajstić information content (AvgIpc) is 2.91. The Hall–Kier alpha value is -1.42. The summed E-state index contributed by atoms with van der Waals surface area (Å²) in [7, 11) is 0. The predicted octanol–water partition coefficient (Wildman–Crippen LogP) is 3.20. The Morgan fingerprint density at radius 3 is 2.81 bits per heavy atom. The van der Waals surface area contributed by atoms with E-state index in [1.54, 1.807) is 6.20 Å². The molecule has 1 unspecified atom stereocenters. The van der Waals surface area contributed by atoms with Crippen molar-refractivity contribution in [3.63, 3.8) is 0 Å². The first-order valence-electron chi connectivity index (χ1n) is 5.76. The molecule has 0 radical (unpaired) electrons. The van der Waals surface area contributed by atoms with Gasteiger partial charge in [0.25, 0.3) is 5.56 Å². The van der Waals surface area contributed by atoms with Crippen molar-refractivity contribution in [3.05, 3.63) is 37.6 Å². The van der Waals surface area contributed by atoms with Gasteiger partial charge in [0.15, 0.2) is 0 Å². The summed E-state index contributed by atoms with van der Waals surface area (Å²) < 4.78 is 37.3. The molecule has 0 bridgehead atoms. The van der Waals surface area contributed by atoms with Crippen molar-refractivity contribution in [3.8, 4) is 0 Å². The van der Waals surface area contributed by atoms with Crippen LogP contribution in [-0.2, 0) is 6.54 Å². The minimum absolute atomic E-state index is 0.00477. The van der Waals surface area contributed by atoms with Crippen molar-refractivity contribution in [1.82, 2.24) is 14.8 Å². The molecule has 21 heavy (non-hydrogen) atoms. The molecule has 114 valence electrons. The third kappa shape index (κ3) is 4.03. The second-order valence-corrected chi connectivity index (χ2v) is 5.91. The van der Waals surface area contributed by atoms with Gasteiger partial charge in [0.2, 0.25) is 0 Å². The quantitative estimate of drug-likeness (QED) is 0.881. The minimum Gasteiger partial charge on any atom is -0.374 e. The Bertz CT molecular complexity index is 671. The number of aromatic nitrogens is 3. The van der Waals surface area contributed by atoms with Crippen molar-refractivity contribution >= 4 is 33.0 Å². The largest absolute Gasteiger partial charge is 0.408 e. The Labute approximate surface area is 130 Å². The highest BCUT2D eigenvalue weighted by Gasteiger charge is 2.29. The lowest BCUT2D eigenvalue weighted by atomic mass is 10.3. The fourth-order valence-electron chi connectivity index (χ4n) is 1.59. The molecule has 0 aliphatic rings. The van der Waals surface area contributed by atoms with E-state index >= 15 is 0 Å². The molecular formula is C11H10BrF3N4OS. The highest BCUT2D eigenvalue weighted by Crippen LogP contribution is 2.24. The molecule has 0 aliphatic carbocycles. The van der Waals surface area contributed by atoms with E-state index in [1.165, 1.54) is 17.5 Å². The van der Waals surface area contributed by atoms with Gasteiger partial charge in [-0.3, -0.25) is 4.79 Å². The standard InChI is InChI=1S/C11H10BrF3N4OS/c1-6(9-16-2-3-21-9)18-7-4-17-19(5-11(13,14)15)10(20)8(7)12/h2-4,6,18H,5H2,1H3. The number of rotatable bonds is 4. The summed E-state index contributed by atoms with van der Waals surface area (Å²) in [5.74, 6) is 0. The van der Waals surface area contributed by atoms with E-state index in [1.807, 2.05) is 12.3 Å². The second kappa shape index (κ2) is 6.14. The molecule has 2 heterocycles. The molecule has 0 spiro atoms. The van der Waals surface area contributed by atoms with Crippen LogP contribution in [0.3, 0.4) is 0 Å². The summed E-state index contributed by atoms with van der Waals surface area (Å²) in [4.78, 5) is 16.0. The van der Waals surface area contributed by atoms with Crippen molar-refractivity contribution in [2.24, 2.45) is 0 Å². The van der Waals surface area contributed by atoms with Crippen LogP contribution in [0.4, 0.5) is 18.9 Å². The fourth-order valence-corrected chi connectivity index (χ4v) is 2.66. The first-order chi connectivity index (χ1) is 9.78. The maximum atomic E-state index is 12.3. The molecule has 0 saturated heterocycles. The van der Waals surface area contributed by atoms with Gasteiger partial charge in [-0.15, -0.1) is 11.3 Å². The van der Waals surface area contributed by atoms with E-state index < -0.39 is 18.3 Å². The third-order valence-electron chi connectivity index (χ3n) is 2.51. The number of nitrogens with zero attached hydrogens (tertiary/aromatic N) is 3. The highest BCUT2D eigenvalue weighted by atomic mass is 79.9. The Morgan fingerprint density at radius 2 is 2.24 bits per heavy atom. The molecule has 2 aromatic heterocycles. The molecule has 10 heteroatoms. The zero-order chi connectivity index (χ0) is 15.6. The molecular weight excluding hydrogens is 373 g/mol. The van der Waals surface area contributed by atoms with Gasteiger partial charge in [-0.05, 0) is 22.9 Å². The van der Waals surface area contributed by atoms with Crippen LogP contribution in [0.2, 0.25) is 0 Å². The van der Waals surface area contributed by atoms with Gasteiger partial charge in [-0.1, -0.05) is 0 Å². The van der Waals surface area contributed by atoms with E-state index in [9.17, 15) is 18.0 Å². The Kier molecular flexibility index (Phi) is 4.67. The molecule has 2 aromatic rings. The van der Waals surface area contributed by atoms with Gasteiger partial charge in [0.05, 0.1) is 17.9 Å². The molecule has 0 fully saturated rings. The minimum atomic E-state index is -4.50. The molecule has 0 saturated carbocycles. The van der Waals surface area contributed by atoms with Crippen LogP contribution in [0.5, 0.6) is 0 Å². The van der Waals surface area contributed by atoms with Gasteiger partial charge in [-0.2, -0.15) is 18.3 Å². The number of anilines is 1. The van der Waals surface area contributed by atoms with Gasteiger partial charge in [0, 0.05) is 11.6 Å². The second-order valence-electron chi connectivity index (χ2n) is 4.19. The summed E-state index contributed by atoms with van der Waals surface area (Å²) in [5.41, 5.74) is -0.523. The topological polar surface area (TPSA) is 59.8 Å². The van der Waals surface area contributed by atoms with Crippen LogP contribution in [-0.4, -0.2) is 20.9 Å². The van der Waals surface area contributed by atoms with Gasteiger partial charge in [-0.25, -0.2) is 9.67 Å². The van der Waals surface area contributed by atoms with Crippen molar-refractivity contribution in [2.45, 2.75) is 25.7 Å². The van der Waals surface area contributed by atoms with Crippen molar-refractivity contribution < 1.29 is 13.2 Å². The fraction of sp³-hybridized carbons (Fsp3) is 0.364. The predicted molar refractivity (Wildman–Crippen MR) is 76.4 cm³/mol. The lowest BCUT2D eigenvalue weighted by Gasteiger charge is -2.15. The Morgan fingerprint density at radius 1 is 1.52 bits per heavy atom. The number of nitrogens with one attached hydrogen (secondary N) is 1. The SMILES string of the molecule is CC(Nc1cnn(CC(F)(F)F)c(=O)c1Br)c1nccs1. The van der Waals surface area contributed by atoms with Crippen LogP contribution >= 0.6 is 27.3 Å². The third-order valence-corrected chi connectivity index (χ3v) is 4.23.